The maximum absolute atomic E-state index is 13.6. The van der Waals surface area contributed by atoms with Crippen molar-refractivity contribution in [3.63, 3.8) is 0 Å². The average Bonchev–Trinajstić information content (AvgIpc) is 3.31. The normalized spacial score (nSPS) is 28.9. The topological polar surface area (TPSA) is 60.7 Å². The molecule has 0 saturated carbocycles. The van der Waals surface area contributed by atoms with Crippen molar-refractivity contribution < 1.29 is 22.4 Å². The number of nitrogens with zero attached hydrogens (tertiary/aromatic N) is 5. The van der Waals surface area contributed by atoms with Gasteiger partial charge in [0.05, 0.1) is 41.0 Å². The van der Waals surface area contributed by atoms with Crippen molar-refractivity contribution in [2.45, 2.75) is 43.7 Å². The van der Waals surface area contributed by atoms with E-state index in [1.54, 1.807) is 5.51 Å². The maximum atomic E-state index is 13.6. The highest BCUT2D eigenvalue weighted by Crippen LogP contribution is 2.62. The van der Waals surface area contributed by atoms with Crippen molar-refractivity contribution in [1.29, 1.82) is 0 Å². The second kappa shape index (κ2) is 5.89. The number of aromatic nitrogens is 4. The molecule has 6 nitrogen and oxygen atoms in total. The lowest BCUT2D eigenvalue weighted by atomic mass is 9.68. The summed E-state index contributed by atoms with van der Waals surface area (Å²) in [4.78, 5) is 17.9. The van der Waals surface area contributed by atoms with E-state index in [9.17, 15) is 18.0 Å². The highest BCUT2D eigenvalue weighted by molar-refractivity contribution is 7.07. The van der Waals surface area contributed by atoms with Crippen molar-refractivity contribution >= 4 is 28.8 Å². The van der Waals surface area contributed by atoms with E-state index in [1.165, 1.54) is 23.5 Å². The second-order valence-corrected chi connectivity index (χ2v) is 9.06. The number of hydrogen-bond acceptors (Lipinski definition) is 5. The Hall–Kier alpha value is -2.30. The number of hydrogen-bond donors (Lipinski definition) is 0. The molecular weight excluding hydrogens is 439 g/mol. The zero-order chi connectivity index (χ0) is 20.8. The van der Waals surface area contributed by atoms with Gasteiger partial charge < -0.3 is 0 Å². The fraction of sp³-hybridized carbons (Fsp3) is 0.368. The summed E-state index contributed by atoms with van der Waals surface area (Å²) < 4.78 is 42.1. The molecule has 0 radical (unpaired) electrons. The minimum atomic E-state index is -4.62. The van der Waals surface area contributed by atoms with Crippen LogP contribution in [0, 0.1) is 0 Å². The SMILES string of the molecule is O=C(c1cccc(C(F)(F)F)c1Cl)[N+]12C3C[C@H]1Cn1c(-c4cscn4)nnc1[C@H]2C3. The summed E-state index contributed by atoms with van der Waals surface area (Å²) in [5.41, 5.74) is 1.41. The number of carbonyl (C=O) groups excluding carboxylic acids is 1. The molecule has 6 rings (SSSR count). The molecule has 5 heterocycles. The molecule has 154 valence electrons. The van der Waals surface area contributed by atoms with Crippen LogP contribution in [0.4, 0.5) is 13.2 Å². The molecule has 2 aromatic heterocycles. The summed E-state index contributed by atoms with van der Waals surface area (Å²) in [7, 11) is 0. The fourth-order valence-electron chi connectivity index (χ4n) is 5.47. The van der Waals surface area contributed by atoms with Crippen LogP contribution in [0.2, 0.25) is 5.02 Å². The summed E-state index contributed by atoms with van der Waals surface area (Å²) in [6.07, 6.45) is -3.02. The number of piperidine rings is 1. The Kier molecular flexibility index (Phi) is 3.63. The van der Waals surface area contributed by atoms with Crippen LogP contribution >= 0.6 is 22.9 Å². The Balaban J connectivity index is 1.43. The van der Waals surface area contributed by atoms with Crippen molar-refractivity contribution in [3.05, 3.63) is 51.1 Å². The van der Waals surface area contributed by atoms with E-state index >= 15 is 0 Å². The molecule has 2 saturated heterocycles. The van der Waals surface area contributed by atoms with Gasteiger partial charge in [-0.15, -0.1) is 21.5 Å². The van der Waals surface area contributed by atoms with Crippen molar-refractivity contribution in [1.82, 2.24) is 19.7 Å². The van der Waals surface area contributed by atoms with Gasteiger partial charge in [0, 0.05) is 5.38 Å². The number of rotatable bonds is 2. The number of halogens is 4. The van der Waals surface area contributed by atoms with E-state index in [0.29, 0.717) is 18.2 Å². The zero-order valence-corrected chi connectivity index (χ0v) is 16.9. The van der Waals surface area contributed by atoms with Crippen LogP contribution in [-0.4, -0.2) is 42.2 Å². The molecule has 3 aromatic rings. The molecule has 2 unspecified atom stereocenters. The average molecular weight is 453 g/mol. The Labute approximate surface area is 177 Å². The molecule has 0 aliphatic carbocycles. The number of alkyl halides is 3. The number of quaternary nitrogens is 1. The highest BCUT2D eigenvalue weighted by Gasteiger charge is 2.75. The number of amides is 1. The van der Waals surface area contributed by atoms with E-state index in [-0.39, 0.29) is 34.1 Å². The number of carbonyl (C=O) groups is 1. The molecule has 1 aromatic carbocycles. The van der Waals surface area contributed by atoms with E-state index in [2.05, 4.69) is 15.2 Å². The van der Waals surface area contributed by atoms with Crippen molar-refractivity contribution in [2.24, 2.45) is 0 Å². The largest absolute Gasteiger partial charge is 0.417 e. The Morgan fingerprint density at radius 3 is 2.77 bits per heavy atom. The molecule has 30 heavy (non-hydrogen) atoms. The standard InChI is InChI=1S/C19H14ClF3N5OS/c20-15-11(2-1-3-12(15)19(21,22)23)18(29)28-9-4-10(28)6-27-16(13-7-30-8-24-13)25-26-17(27)14(28)5-9/h1-3,7-10,14H,4-6H2/q+1/t9?,10-,14+,28?/m0/s1. The first-order chi connectivity index (χ1) is 14.3. The second-order valence-electron chi connectivity index (χ2n) is 7.97. The molecule has 2 fully saturated rings. The molecular formula is C19H14ClF3N5OS+. The van der Waals surface area contributed by atoms with Gasteiger partial charge in [0.1, 0.15) is 17.8 Å². The van der Waals surface area contributed by atoms with Gasteiger partial charge in [0.25, 0.3) is 0 Å². The first kappa shape index (κ1) is 18.5. The lowest BCUT2D eigenvalue weighted by Crippen LogP contribution is -2.84. The van der Waals surface area contributed by atoms with Crippen LogP contribution in [0.15, 0.2) is 29.1 Å². The van der Waals surface area contributed by atoms with Gasteiger partial charge >= 0.3 is 12.1 Å². The summed E-state index contributed by atoms with van der Waals surface area (Å²) in [5.74, 6) is 1.01. The van der Waals surface area contributed by atoms with Gasteiger partial charge in [-0.05, 0) is 12.1 Å². The predicted octanol–water partition coefficient (Wildman–Crippen LogP) is 4.33. The van der Waals surface area contributed by atoms with Gasteiger partial charge in [-0.3, -0.25) is 4.57 Å². The molecule has 4 atom stereocenters. The van der Waals surface area contributed by atoms with Crippen LogP contribution in [0.5, 0.6) is 0 Å². The highest BCUT2D eigenvalue weighted by atomic mass is 35.5. The maximum Gasteiger partial charge on any atom is 0.417 e. The van der Waals surface area contributed by atoms with E-state index in [1.807, 2.05) is 9.95 Å². The van der Waals surface area contributed by atoms with Crippen LogP contribution in [0.3, 0.4) is 0 Å². The van der Waals surface area contributed by atoms with Gasteiger partial charge in [-0.2, -0.15) is 13.2 Å². The molecule has 0 spiro atoms. The lowest BCUT2D eigenvalue weighted by molar-refractivity contribution is -1.02. The van der Waals surface area contributed by atoms with E-state index < -0.39 is 16.8 Å². The van der Waals surface area contributed by atoms with Crippen molar-refractivity contribution in [3.8, 4) is 11.5 Å². The third kappa shape index (κ3) is 2.13. The molecule has 11 heteroatoms. The summed E-state index contributed by atoms with van der Waals surface area (Å²) >= 11 is 7.55. The quantitative estimate of drug-likeness (QED) is 0.543. The smallest absolute Gasteiger partial charge is 0.299 e. The third-order valence-corrected chi connectivity index (χ3v) is 7.78. The first-order valence-corrected chi connectivity index (χ1v) is 10.8. The summed E-state index contributed by atoms with van der Waals surface area (Å²) in [5, 5.41) is 10.0. The van der Waals surface area contributed by atoms with E-state index in [4.69, 9.17) is 11.6 Å². The minimum Gasteiger partial charge on any atom is -0.299 e. The predicted molar refractivity (Wildman–Crippen MR) is 102 cm³/mol. The Bertz CT molecular complexity index is 1190. The van der Waals surface area contributed by atoms with Gasteiger partial charge in [0.15, 0.2) is 17.7 Å². The van der Waals surface area contributed by atoms with Crippen LogP contribution in [-0.2, 0) is 12.7 Å². The molecule has 3 aliphatic heterocycles. The molecule has 0 bridgehead atoms. The van der Waals surface area contributed by atoms with E-state index in [0.717, 1.165) is 24.6 Å². The number of fused-ring (bicyclic) bond motifs is 2. The minimum absolute atomic E-state index is 0.0345. The Morgan fingerprint density at radius 2 is 2.07 bits per heavy atom. The van der Waals surface area contributed by atoms with Crippen LogP contribution < -0.4 is 0 Å². The van der Waals surface area contributed by atoms with Crippen LogP contribution in [0.1, 0.15) is 40.6 Å². The number of thiazole rings is 1. The molecule has 3 aliphatic rings. The number of benzene rings is 1. The zero-order valence-electron chi connectivity index (χ0n) is 15.3. The fourth-order valence-corrected chi connectivity index (χ4v) is 6.31. The molecule has 1 amide bonds. The third-order valence-electron chi connectivity index (χ3n) is 6.78. The summed E-state index contributed by atoms with van der Waals surface area (Å²) in [6, 6.07) is 3.37. The monoisotopic (exact) mass is 452 g/mol. The molecule has 0 N–H and O–H groups in total. The van der Waals surface area contributed by atoms with Gasteiger partial charge in [0.2, 0.25) is 0 Å². The first-order valence-electron chi connectivity index (χ1n) is 9.43. The van der Waals surface area contributed by atoms with Gasteiger partial charge in [-0.1, -0.05) is 17.7 Å². The van der Waals surface area contributed by atoms with Gasteiger partial charge in [-0.25, -0.2) is 14.3 Å². The lowest BCUT2D eigenvalue weighted by Gasteiger charge is -2.68. The van der Waals surface area contributed by atoms with Crippen molar-refractivity contribution in [2.75, 3.05) is 0 Å². The summed E-state index contributed by atoms with van der Waals surface area (Å²) in [6.45, 7) is 0.532. The Morgan fingerprint density at radius 1 is 1.23 bits per heavy atom. The van der Waals surface area contributed by atoms with Crippen LogP contribution in [0.25, 0.3) is 11.5 Å².